The van der Waals surface area contributed by atoms with Crippen LogP contribution in [-0.2, 0) is 28.6 Å². The lowest BCUT2D eigenvalue weighted by molar-refractivity contribution is -0.167. The maximum atomic E-state index is 12.9. The summed E-state index contributed by atoms with van der Waals surface area (Å²) >= 11 is 0. The fraction of sp³-hybridized carbons (Fsp3) is 0.803. The number of allylic oxidation sites excluding steroid dienone is 10. The first kappa shape index (κ1) is 69.1. The van der Waals surface area contributed by atoms with Gasteiger partial charge in [0, 0.05) is 19.3 Å². The summed E-state index contributed by atoms with van der Waals surface area (Å²) in [6.07, 6.45) is 76.4. The molecule has 0 aromatic carbocycles. The average molecular weight is 1010 g/mol. The van der Waals surface area contributed by atoms with Gasteiger partial charge in [-0.3, -0.25) is 14.4 Å². The van der Waals surface area contributed by atoms with Crippen LogP contribution < -0.4 is 0 Å². The molecular formula is C66H118O6. The second-order valence-electron chi connectivity index (χ2n) is 21.0. The van der Waals surface area contributed by atoms with Crippen molar-refractivity contribution in [3.05, 3.63) is 60.8 Å². The molecule has 0 N–H and O–H groups in total. The highest BCUT2D eigenvalue weighted by atomic mass is 16.6. The Hall–Kier alpha value is -2.89. The Kier molecular flexibility index (Phi) is 58.2. The minimum Gasteiger partial charge on any atom is -0.462 e. The highest BCUT2D eigenvalue weighted by Gasteiger charge is 2.19. The Labute approximate surface area is 447 Å². The number of esters is 3. The summed E-state index contributed by atoms with van der Waals surface area (Å²) in [5.74, 6) is -0.884. The van der Waals surface area contributed by atoms with Gasteiger partial charge in [-0.2, -0.15) is 0 Å². The first-order valence-electron chi connectivity index (χ1n) is 31.3. The number of unbranched alkanes of at least 4 members (excludes halogenated alkanes) is 36. The number of carbonyl (C=O) groups is 3. The summed E-state index contributed by atoms with van der Waals surface area (Å²) in [6, 6.07) is 0. The molecular weight excluding hydrogens is 889 g/mol. The zero-order valence-corrected chi connectivity index (χ0v) is 47.9. The van der Waals surface area contributed by atoms with E-state index < -0.39 is 6.10 Å². The molecule has 0 saturated heterocycles. The Morgan fingerprint density at radius 3 is 0.806 bits per heavy atom. The smallest absolute Gasteiger partial charge is 0.306 e. The number of carbonyl (C=O) groups excluding carboxylic acids is 3. The van der Waals surface area contributed by atoms with Crippen molar-refractivity contribution in [1.29, 1.82) is 0 Å². The van der Waals surface area contributed by atoms with Gasteiger partial charge in [0.2, 0.25) is 0 Å². The molecule has 418 valence electrons. The summed E-state index contributed by atoms with van der Waals surface area (Å²) in [5, 5.41) is 0. The van der Waals surface area contributed by atoms with Crippen LogP contribution in [0.15, 0.2) is 60.8 Å². The summed E-state index contributed by atoms with van der Waals surface area (Å²) < 4.78 is 16.9. The van der Waals surface area contributed by atoms with E-state index in [1.54, 1.807) is 0 Å². The van der Waals surface area contributed by atoms with Crippen molar-refractivity contribution < 1.29 is 28.6 Å². The largest absolute Gasteiger partial charge is 0.462 e. The summed E-state index contributed by atoms with van der Waals surface area (Å²) in [5.41, 5.74) is 0. The topological polar surface area (TPSA) is 78.9 Å². The molecule has 0 aliphatic heterocycles. The van der Waals surface area contributed by atoms with Gasteiger partial charge in [-0.25, -0.2) is 0 Å². The van der Waals surface area contributed by atoms with Crippen LogP contribution in [0.4, 0.5) is 0 Å². The predicted molar refractivity (Wildman–Crippen MR) is 312 cm³/mol. The Bertz CT molecular complexity index is 1290. The van der Waals surface area contributed by atoms with E-state index in [1.165, 1.54) is 186 Å². The highest BCUT2D eigenvalue weighted by Crippen LogP contribution is 2.16. The lowest BCUT2D eigenvalue weighted by atomic mass is 10.0. The van der Waals surface area contributed by atoms with Gasteiger partial charge >= 0.3 is 17.9 Å². The van der Waals surface area contributed by atoms with Crippen LogP contribution in [0.3, 0.4) is 0 Å². The second-order valence-corrected chi connectivity index (χ2v) is 21.0. The molecule has 0 fully saturated rings. The fourth-order valence-corrected chi connectivity index (χ4v) is 9.01. The monoisotopic (exact) mass is 1010 g/mol. The van der Waals surface area contributed by atoms with E-state index in [4.69, 9.17) is 14.2 Å². The van der Waals surface area contributed by atoms with Crippen LogP contribution in [-0.4, -0.2) is 37.2 Å². The van der Waals surface area contributed by atoms with Crippen LogP contribution in [0, 0.1) is 0 Å². The maximum absolute atomic E-state index is 12.9. The molecule has 0 heterocycles. The van der Waals surface area contributed by atoms with Gasteiger partial charge in [-0.15, -0.1) is 0 Å². The van der Waals surface area contributed by atoms with Crippen molar-refractivity contribution in [2.45, 2.75) is 329 Å². The van der Waals surface area contributed by atoms with E-state index >= 15 is 0 Å². The van der Waals surface area contributed by atoms with Crippen molar-refractivity contribution in [2.75, 3.05) is 13.2 Å². The molecule has 1 atom stereocenters. The number of hydrogen-bond acceptors (Lipinski definition) is 6. The molecule has 6 heteroatoms. The molecule has 0 aliphatic carbocycles. The van der Waals surface area contributed by atoms with Gasteiger partial charge in [0.15, 0.2) is 6.10 Å². The predicted octanol–water partition coefficient (Wildman–Crippen LogP) is 21.2. The van der Waals surface area contributed by atoms with Crippen LogP contribution >= 0.6 is 0 Å². The molecule has 0 aromatic rings. The van der Waals surface area contributed by atoms with E-state index in [0.717, 1.165) is 96.3 Å². The molecule has 0 spiro atoms. The molecule has 6 nitrogen and oxygen atoms in total. The molecule has 0 radical (unpaired) electrons. The Morgan fingerprint density at radius 2 is 0.500 bits per heavy atom. The third kappa shape index (κ3) is 58.0. The lowest BCUT2D eigenvalue weighted by Crippen LogP contribution is -2.30. The molecule has 0 rings (SSSR count). The summed E-state index contributed by atoms with van der Waals surface area (Å²) in [6.45, 7) is 6.62. The SMILES string of the molecule is CCCCC/C=C\C/C=C\CCCCCCCC(=O)OCC(COC(=O)CCCCCCCCCC/C=C\C/C=C\C/C=C\CCCCCCC)OC(=O)CCCCCCCCCCCCCCCCCC. The van der Waals surface area contributed by atoms with Crippen LogP contribution in [0.1, 0.15) is 323 Å². The maximum Gasteiger partial charge on any atom is 0.306 e. The van der Waals surface area contributed by atoms with Crippen molar-refractivity contribution in [1.82, 2.24) is 0 Å². The van der Waals surface area contributed by atoms with Crippen LogP contribution in [0.2, 0.25) is 0 Å². The van der Waals surface area contributed by atoms with E-state index in [-0.39, 0.29) is 31.1 Å². The van der Waals surface area contributed by atoms with Crippen molar-refractivity contribution in [3.8, 4) is 0 Å². The van der Waals surface area contributed by atoms with Crippen molar-refractivity contribution in [2.24, 2.45) is 0 Å². The fourth-order valence-electron chi connectivity index (χ4n) is 9.01. The zero-order chi connectivity index (χ0) is 52.2. The molecule has 0 amide bonds. The third-order valence-corrected chi connectivity index (χ3v) is 13.7. The minimum absolute atomic E-state index is 0.0800. The molecule has 0 saturated carbocycles. The molecule has 72 heavy (non-hydrogen) atoms. The minimum atomic E-state index is -0.782. The van der Waals surface area contributed by atoms with E-state index in [9.17, 15) is 14.4 Å². The van der Waals surface area contributed by atoms with Gasteiger partial charge < -0.3 is 14.2 Å². The third-order valence-electron chi connectivity index (χ3n) is 13.7. The molecule has 0 aliphatic rings. The standard InChI is InChI=1S/C66H118O6/c1-4-7-10-13-16-19-22-25-28-30-31-32-33-34-35-36-39-41-44-47-50-53-56-59-65(68)71-62-63(61-70-64(67)58-55-52-49-46-43-40-37-27-24-21-18-15-12-9-6-3)72-66(69)60-57-54-51-48-45-42-38-29-26-23-20-17-14-11-8-5-2/h18,21-22,25,27,30-31,33-34,37,63H,4-17,19-20,23-24,26,28-29,32,35-36,38-62H2,1-3H3/b21-18-,25-22-,31-30-,34-33-,37-27-. The highest BCUT2D eigenvalue weighted by molar-refractivity contribution is 5.71. The summed E-state index contributed by atoms with van der Waals surface area (Å²) in [4.78, 5) is 38.3. The zero-order valence-electron chi connectivity index (χ0n) is 47.9. The van der Waals surface area contributed by atoms with Gasteiger partial charge in [0.25, 0.3) is 0 Å². The average Bonchev–Trinajstić information content (AvgIpc) is 3.38. The van der Waals surface area contributed by atoms with Crippen LogP contribution in [0.5, 0.6) is 0 Å². The number of ether oxygens (including phenoxy) is 3. The van der Waals surface area contributed by atoms with Crippen molar-refractivity contribution >= 4 is 17.9 Å². The van der Waals surface area contributed by atoms with E-state index in [0.29, 0.717) is 19.3 Å². The van der Waals surface area contributed by atoms with Gasteiger partial charge in [-0.05, 0) is 89.9 Å². The number of hydrogen-bond donors (Lipinski definition) is 0. The molecule has 0 aromatic heterocycles. The van der Waals surface area contributed by atoms with Gasteiger partial charge in [0.05, 0.1) is 0 Å². The quantitative estimate of drug-likeness (QED) is 0.0261. The first-order chi connectivity index (χ1) is 35.5. The number of rotatable bonds is 57. The van der Waals surface area contributed by atoms with Gasteiger partial charge in [0.1, 0.15) is 13.2 Å². The van der Waals surface area contributed by atoms with Gasteiger partial charge in [-0.1, -0.05) is 274 Å². The first-order valence-corrected chi connectivity index (χ1v) is 31.3. The summed E-state index contributed by atoms with van der Waals surface area (Å²) in [7, 11) is 0. The van der Waals surface area contributed by atoms with E-state index in [2.05, 4.69) is 81.5 Å². The van der Waals surface area contributed by atoms with Crippen LogP contribution in [0.25, 0.3) is 0 Å². The Balaban J connectivity index is 4.35. The van der Waals surface area contributed by atoms with E-state index in [1.807, 2.05) is 0 Å². The second kappa shape index (κ2) is 60.7. The van der Waals surface area contributed by atoms with Crippen molar-refractivity contribution in [3.63, 3.8) is 0 Å². The Morgan fingerprint density at radius 1 is 0.278 bits per heavy atom. The normalized spacial score (nSPS) is 12.4. The molecule has 1 unspecified atom stereocenters. The lowest BCUT2D eigenvalue weighted by Gasteiger charge is -2.18. The molecule has 0 bridgehead atoms.